The van der Waals surface area contributed by atoms with Gasteiger partial charge in [-0.1, -0.05) is 71.1 Å². The number of phenols is 2. The second-order valence-corrected chi connectivity index (χ2v) is 18.6. The molecule has 3 amide bonds. The van der Waals surface area contributed by atoms with Crippen LogP contribution in [0.5, 0.6) is 23.0 Å². The van der Waals surface area contributed by atoms with Gasteiger partial charge in [0.1, 0.15) is 22.1 Å². The third kappa shape index (κ3) is 14.0. The van der Waals surface area contributed by atoms with E-state index in [1.165, 1.54) is 12.8 Å². The maximum absolute atomic E-state index is 14.5. The summed E-state index contributed by atoms with van der Waals surface area (Å²) in [4.78, 5) is 35.3. The SMILES string of the molecule is CCCCCCCCCCCCCC(=O)Nc1cc(O)c(NC(=O)C(F)(F)C(F)(F)C(F)(F)C(F)F)cc1Oc1ccc(N=Nc2c(S(=O)(=O)O)cc3cc(S(=O)(=O)O)cc(NC(C)=O)c3c2O)cc1. The molecule has 0 aliphatic heterocycles. The van der Waals surface area contributed by atoms with Crippen LogP contribution in [-0.4, -0.2) is 78.1 Å². The molecule has 0 bridgehead atoms. The topological polar surface area (TPSA) is 270 Å². The fourth-order valence-corrected chi connectivity index (χ4v) is 7.91. The molecule has 384 valence electrons. The second-order valence-electron chi connectivity index (χ2n) is 15.8. The van der Waals surface area contributed by atoms with Gasteiger partial charge < -0.3 is 30.9 Å². The Bertz CT molecular complexity index is 2820. The number of fused-ring (bicyclic) bond motifs is 1. The van der Waals surface area contributed by atoms with Crippen molar-refractivity contribution in [3.05, 3.63) is 54.6 Å². The molecule has 4 rings (SSSR count). The lowest BCUT2D eigenvalue weighted by Crippen LogP contribution is -2.61. The van der Waals surface area contributed by atoms with E-state index in [0.29, 0.717) is 31.0 Å². The van der Waals surface area contributed by atoms with E-state index in [4.69, 9.17) is 4.74 Å². The lowest BCUT2D eigenvalue weighted by molar-refractivity contribution is -0.326. The summed E-state index contributed by atoms with van der Waals surface area (Å²) in [6.07, 6.45) is 5.26. The van der Waals surface area contributed by atoms with E-state index in [9.17, 15) is 85.7 Å². The molecule has 0 aromatic heterocycles. The molecule has 0 unspecified atom stereocenters. The highest BCUT2D eigenvalue weighted by Gasteiger charge is 2.78. The van der Waals surface area contributed by atoms with Gasteiger partial charge in [0.2, 0.25) is 11.8 Å². The van der Waals surface area contributed by atoms with Crippen LogP contribution in [-0.2, 0) is 34.6 Å². The maximum Gasteiger partial charge on any atom is 0.393 e. The molecule has 0 aliphatic carbocycles. The quantitative estimate of drug-likeness (QED) is 0.0107. The van der Waals surface area contributed by atoms with Crippen LogP contribution < -0.4 is 20.7 Å². The number of hydrogen-bond acceptors (Lipinski definition) is 12. The van der Waals surface area contributed by atoms with Crippen LogP contribution in [0.4, 0.5) is 63.6 Å². The summed E-state index contributed by atoms with van der Waals surface area (Å²) in [5.41, 5.74) is -3.18. The Balaban J connectivity index is 1.65. The van der Waals surface area contributed by atoms with Crippen LogP contribution in [0.3, 0.4) is 0 Å². The van der Waals surface area contributed by atoms with Crippen molar-refractivity contribution >= 4 is 77.2 Å². The number of carbonyl (C=O) groups is 3. The minimum atomic E-state index is -6.94. The van der Waals surface area contributed by atoms with Crippen LogP contribution in [0.25, 0.3) is 10.8 Å². The number of hydrogen-bond donors (Lipinski definition) is 7. The highest BCUT2D eigenvalue weighted by Crippen LogP contribution is 2.50. The average molecular weight is 1040 g/mol. The molecular weight excluding hydrogens is 995 g/mol. The smallest absolute Gasteiger partial charge is 0.393 e. The summed E-state index contributed by atoms with van der Waals surface area (Å²) in [5, 5.41) is 34.2. The lowest BCUT2D eigenvalue weighted by atomic mass is 10.0. The Morgan fingerprint density at radius 1 is 0.700 bits per heavy atom. The van der Waals surface area contributed by atoms with Gasteiger partial charge in [-0.05, 0) is 54.3 Å². The second kappa shape index (κ2) is 23.2. The molecule has 70 heavy (non-hydrogen) atoms. The van der Waals surface area contributed by atoms with Gasteiger partial charge in [-0.15, -0.1) is 5.11 Å². The third-order valence-electron chi connectivity index (χ3n) is 10.3. The number of benzene rings is 4. The molecule has 4 aromatic rings. The molecule has 0 aliphatic rings. The van der Waals surface area contributed by atoms with E-state index in [0.717, 1.165) is 93.6 Å². The molecular formula is C43H47F8N5O12S2. The van der Waals surface area contributed by atoms with E-state index in [1.807, 2.05) is 0 Å². The van der Waals surface area contributed by atoms with Gasteiger partial charge in [0.25, 0.3) is 20.2 Å². The van der Waals surface area contributed by atoms with Gasteiger partial charge in [0.05, 0.1) is 27.6 Å². The highest BCUT2D eigenvalue weighted by molar-refractivity contribution is 7.86. The summed E-state index contributed by atoms with van der Waals surface area (Å²) >= 11 is 0. The normalized spacial score (nSPS) is 12.7. The van der Waals surface area contributed by atoms with Gasteiger partial charge >= 0.3 is 30.1 Å². The summed E-state index contributed by atoms with van der Waals surface area (Å²) in [6, 6.07) is 7.61. The van der Waals surface area contributed by atoms with Crippen LogP contribution >= 0.6 is 0 Å². The maximum atomic E-state index is 14.5. The largest absolute Gasteiger partial charge is 0.506 e. The average Bonchev–Trinajstić information content (AvgIpc) is 3.25. The van der Waals surface area contributed by atoms with E-state index in [-0.39, 0.29) is 17.9 Å². The number of aromatic hydroxyl groups is 2. The number of halogens is 8. The van der Waals surface area contributed by atoms with E-state index in [1.54, 1.807) is 0 Å². The van der Waals surface area contributed by atoms with Crippen molar-refractivity contribution in [3.8, 4) is 23.0 Å². The van der Waals surface area contributed by atoms with Gasteiger partial charge in [0.15, 0.2) is 11.5 Å². The number of nitrogens with one attached hydrogen (secondary N) is 3. The zero-order valence-corrected chi connectivity index (χ0v) is 38.7. The number of nitrogens with zero attached hydrogens (tertiary/aromatic N) is 2. The van der Waals surface area contributed by atoms with E-state index in [2.05, 4.69) is 27.8 Å². The van der Waals surface area contributed by atoms with Crippen molar-refractivity contribution in [1.82, 2.24) is 0 Å². The molecule has 0 atom stereocenters. The molecule has 0 spiro atoms. The summed E-state index contributed by atoms with van der Waals surface area (Å²) in [7, 11) is -10.3. The van der Waals surface area contributed by atoms with E-state index >= 15 is 0 Å². The first-order chi connectivity index (χ1) is 32.5. The van der Waals surface area contributed by atoms with Crippen molar-refractivity contribution in [3.63, 3.8) is 0 Å². The Kier molecular flexibility index (Phi) is 18.7. The van der Waals surface area contributed by atoms with Crippen molar-refractivity contribution in [2.45, 2.75) is 125 Å². The zero-order valence-electron chi connectivity index (χ0n) is 37.0. The Morgan fingerprint density at radius 2 is 1.27 bits per heavy atom. The molecule has 27 heteroatoms. The number of amides is 3. The first-order valence-corrected chi connectivity index (χ1v) is 24.1. The molecule has 0 saturated heterocycles. The minimum Gasteiger partial charge on any atom is -0.506 e. The van der Waals surface area contributed by atoms with E-state index < -0.39 is 123 Å². The highest BCUT2D eigenvalue weighted by atomic mass is 32.2. The number of ether oxygens (including phenoxy) is 1. The molecule has 17 nitrogen and oxygen atoms in total. The standard InChI is InChI=1S/C43H47F8N5O12S2/c1-3-4-5-6-7-8-9-10-11-12-13-14-35(59)53-30-22-32(58)29(54-40(61)42(48,49)43(50,51)41(46,47)39(44)45)23-33(30)68-27-17-15-26(16-18-27)55-56-37-34(70(65,66)67)20-25-19-28(69(62,63)64)21-31(52-24(2)57)36(25)38(37)60/h15-23,39,58,60H,3-14H2,1-2H3,(H,52,57)(H,53,59)(H,54,61)(H,62,63,64)(H,65,66,67). The predicted octanol–water partition coefficient (Wildman–Crippen LogP) is 11.7. The van der Waals surface area contributed by atoms with Crippen LogP contribution in [0.15, 0.2) is 74.6 Å². The summed E-state index contributed by atoms with van der Waals surface area (Å²) < 4.78 is 184. The predicted molar refractivity (Wildman–Crippen MR) is 238 cm³/mol. The Morgan fingerprint density at radius 3 is 1.80 bits per heavy atom. The van der Waals surface area contributed by atoms with Gasteiger partial charge in [-0.3, -0.25) is 23.5 Å². The van der Waals surface area contributed by atoms with Gasteiger partial charge in [0, 0.05) is 30.9 Å². The fourth-order valence-electron chi connectivity index (χ4n) is 6.71. The Labute approximate surface area is 395 Å². The number of carbonyl (C=O) groups excluding carboxylic acids is 3. The third-order valence-corrected chi connectivity index (χ3v) is 12.0. The molecule has 0 saturated carbocycles. The van der Waals surface area contributed by atoms with Gasteiger partial charge in [-0.2, -0.15) is 48.3 Å². The number of alkyl halides is 8. The number of unbranched alkanes of at least 4 members (excludes halogenated alkanes) is 10. The molecule has 0 radical (unpaired) electrons. The zero-order chi connectivity index (χ0) is 52.4. The monoisotopic (exact) mass is 1040 g/mol. The van der Waals surface area contributed by atoms with Gasteiger partial charge in [-0.25, -0.2) is 8.78 Å². The summed E-state index contributed by atoms with van der Waals surface area (Å²) in [6.45, 7) is 3.13. The lowest BCUT2D eigenvalue weighted by Gasteiger charge is -2.31. The van der Waals surface area contributed by atoms with Crippen molar-refractivity contribution in [1.29, 1.82) is 0 Å². The van der Waals surface area contributed by atoms with Crippen LogP contribution in [0, 0.1) is 0 Å². The number of azo groups is 1. The summed E-state index contributed by atoms with van der Waals surface area (Å²) in [5.74, 6) is -28.0. The number of anilines is 3. The number of rotatable bonds is 25. The molecule has 0 fully saturated rings. The first-order valence-electron chi connectivity index (χ1n) is 21.2. The first kappa shape index (κ1) is 56.4. The molecule has 7 N–H and O–H groups in total. The van der Waals surface area contributed by atoms with Crippen LogP contribution in [0.2, 0.25) is 0 Å². The fraction of sp³-hybridized carbons (Fsp3) is 0.419. The van der Waals surface area contributed by atoms with Crippen molar-refractivity contribution < 1.29 is 90.4 Å². The minimum absolute atomic E-state index is 0.0821. The molecule has 4 aromatic carbocycles. The van der Waals surface area contributed by atoms with Crippen molar-refractivity contribution in [2.24, 2.45) is 10.2 Å². The Hall–Kier alpha value is -6.19. The molecule has 0 heterocycles. The van der Waals surface area contributed by atoms with Crippen LogP contribution in [0.1, 0.15) is 90.9 Å². The number of phenolic OH excluding ortho intramolecular Hbond substituents is 2. The van der Waals surface area contributed by atoms with Crippen molar-refractivity contribution in [2.75, 3.05) is 16.0 Å².